The Morgan fingerprint density at radius 1 is 1.56 bits per heavy atom. The van der Waals surface area contributed by atoms with Crippen molar-refractivity contribution in [1.29, 1.82) is 5.26 Å². The predicted octanol–water partition coefficient (Wildman–Crippen LogP) is 1.86. The van der Waals surface area contributed by atoms with Crippen LogP contribution < -0.4 is 0 Å². The van der Waals surface area contributed by atoms with Crippen LogP contribution in [0.25, 0.3) is 0 Å². The Kier molecular flexibility index (Phi) is 4.48. The molecule has 1 aliphatic rings. The molecular weight excluding hydrogens is 296 g/mol. The van der Waals surface area contributed by atoms with E-state index in [0.29, 0.717) is 31.8 Å². The summed E-state index contributed by atoms with van der Waals surface area (Å²) in [7, 11) is 0. The number of ether oxygens (including phenoxy) is 1. The summed E-state index contributed by atoms with van der Waals surface area (Å²) in [6, 6.07) is 9.44. The number of Topliss-reactive ketones (excluding diaryl/α,β-unsaturated/α-hetero) is 1. The van der Waals surface area contributed by atoms with Crippen LogP contribution in [-0.2, 0) is 4.74 Å². The highest BCUT2D eigenvalue weighted by molar-refractivity contribution is 9.10. The molecule has 1 unspecified atom stereocenters. The smallest absolute Gasteiger partial charge is 0.177 e. The summed E-state index contributed by atoms with van der Waals surface area (Å²) in [4.78, 5) is 14.1. The standard InChI is InChI=1S/C13H13BrN2O2/c14-12-4-2-1-3-11(12)13(17)9-16-5-6-18-10(7-15)8-16/h1-4,10H,5-6,8-9H2. The molecule has 0 aromatic heterocycles. The highest BCUT2D eigenvalue weighted by Gasteiger charge is 2.22. The maximum atomic E-state index is 12.1. The van der Waals surface area contributed by atoms with Crippen LogP contribution in [0.15, 0.2) is 28.7 Å². The van der Waals surface area contributed by atoms with E-state index in [1.54, 1.807) is 6.07 Å². The summed E-state index contributed by atoms with van der Waals surface area (Å²) >= 11 is 3.37. The molecule has 0 radical (unpaired) electrons. The normalized spacial score (nSPS) is 20.3. The first kappa shape index (κ1) is 13.2. The Morgan fingerprint density at radius 2 is 2.33 bits per heavy atom. The van der Waals surface area contributed by atoms with Crippen molar-refractivity contribution in [3.05, 3.63) is 34.3 Å². The van der Waals surface area contributed by atoms with E-state index in [0.717, 1.165) is 4.47 Å². The third-order valence-corrected chi connectivity index (χ3v) is 3.53. The third kappa shape index (κ3) is 3.16. The lowest BCUT2D eigenvalue weighted by atomic mass is 10.1. The van der Waals surface area contributed by atoms with E-state index < -0.39 is 6.10 Å². The minimum absolute atomic E-state index is 0.0565. The Labute approximate surface area is 114 Å². The number of nitriles is 1. The first-order chi connectivity index (χ1) is 8.70. The molecule has 0 spiro atoms. The zero-order chi connectivity index (χ0) is 13.0. The summed E-state index contributed by atoms with van der Waals surface area (Å²) in [6.07, 6.45) is -0.425. The van der Waals surface area contributed by atoms with Gasteiger partial charge in [0, 0.05) is 23.1 Å². The molecule has 1 aromatic rings. The molecule has 1 aliphatic heterocycles. The van der Waals surface area contributed by atoms with E-state index >= 15 is 0 Å². The van der Waals surface area contributed by atoms with Gasteiger partial charge in [-0.2, -0.15) is 5.26 Å². The number of carbonyl (C=O) groups is 1. The molecule has 5 heteroatoms. The Hall–Kier alpha value is -1.22. The number of morpholine rings is 1. The molecule has 1 saturated heterocycles. The summed E-state index contributed by atoms with van der Waals surface area (Å²) < 4.78 is 6.05. The SMILES string of the molecule is N#CC1CN(CC(=O)c2ccccc2Br)CCO1. The summed E-state index contributed by atoms with van der Waals surface area (Å²) in [5.41, 5.74) is 0.678. The van der Waals surface area contributed by atoms with Gasteiger partial charge < -0.3 is 4.74 Å². The van der Waals surface area contributed by atoms with Crippen LogP contribution in [0.1, 0.15) is 10.4 Å². The van der Waals surface area contributed by atoms with E-state index in [1.807, 2.05) is 23.1 Å². The summed E-state index contributed by atoms with van der Waals surface area (Å²) in [5, 5.41) is 8.81. The zero-order valence-electron chi connectivity index (χ0n) is 9.80. The van der Waals surface area contributed by atoms with Gasteiger partial charge in [-0.1, -0.05) is 34.1 Å². The van der Waals surface area contributed by atoms with Crippen LogP contribution >= 0.6 is 15.9 Å². The molecule has 0 bridgehead atoms. The molecule has 4 nitrogen and oxygen atoms in total. The predicted molar refractivity (Wildman–Crippen MR) is 70.3 cm³/mol. The number of carbonyl (C=O) groups excluding carboxylic acids is 1. The van der Waals surface area contributed by atoms with Crippen molar-refractivity contribution in [3.63, 3.8) is 0 Å². The van der Waals surface area contributed by atoms with E-state index in [4.69, 9.17) is 10.00 Å². The van der Waals surface area contributed by atoms with Gasteiger partial charge in [-0.05, 0) is 6.07 Å². The second kappa shape index (κ2) is 6.10. The number of rotatable bonds is 3. The highest BCUT2D eigenvalue weighted by atomic mass is 79.9. The summed E-state index contributed by atoms with van der Waals surface area (Å²) in [5.74, 6) is 0.0565. The monoisotopic (exact) mass is 308 g/mol. The number of halogens is 1. The van der Waals surface area contributed by atoms with Crippen LogP contribution in [-0.4, -0.2) is 43.0 Å². The van der Waals surface area contributed by atoms with E-state index in [2.05, 4.69) is 22.0 Å². The maximum Gasteiger partial charge on any atom is 0.177 e. The summed E-state index contributed by atoms with van der Waals surface area (Å²) in [6.45, 7) is 2.01. The molecule has 1 heterocycles. The van der Waals surface area contributed by atoms with Crippen molar-refractivity contribution in [2.24, 2.45) is 0 Å². The maximum absolute atomic E-state index is 12.1. The average Bonchev–Trinajstić information content (AvgIpc) is 2.39. The van der Waals surface area contributed by atoms with Crippen LogP contribution in [0.5, 0.6) is 0 Å². The Morgan fingerprint density at radius 3 is 3.06 bits per heavy atom. The van der Waals surface area contributed by atoms with Gasteiger partial charge in [-0.3, -0.25) is 9.69 Å². The van der Waals surface area contributed by atoms with Crippen LogP contribution in [0, 0.1) is 11.3 Å². The molecule has 1 fully saturated rings. The lowest BCUT2D eigenvalue weighted by Gasteiger charge is -2.29. The molecule has 1 atom stereocenters. The van der Waals surface area contributed by atoms with Crippen molar-refractivity contribution < 1.29 is 9.53 Å². The zero-order valence-corrected chi connectivity index (χ0v) is 11.4. The van der Waals surface area contributed by atoms with Gasteiger partial charge in [-0.25, -0.2) is 0 Å². The molecule has 18 heavy (non-hydrogen) atoms. The molecule has 94 valence electrons. The highest BCUT2D eigenvalue weighted by Crippen LogP contribution is 2.17. The Balaban J connectivity index is 2.00. The second-order valence-corrected chi connectivity index (χ2v) is 4.98. The second-order valence-electron chi connectivity index (χ2n) is 4.13. The first-order valence-corrected chi connectivity index (χ1v) is 6.51. The van der Waals surface area contributed by atoms with Crippen LogP contribution in [0.2, 0.25) is 0 Å². The van der Waals surface area contributed by atoms with Crippen molar-refractivity contribution >= 4 is 21.7 Å². The lowest BCUT2D eigenvalue weighted by Crippen LogP contribution is -2.44. The van der Waals surface area contributed by atoms with Gasteiger partial charge in [0.15, 0.2) is 11.9 Å². The van der Waals surface area contributed by atoms with E-state index in [1.165, 1.54) is 0 Å². The van der Waals surface area contributed by atoms with Crippen molar-refractivity contribution in [1.82, 2.24) is 4.90 Å². The first-order valence-electron chi connectivity index (χ1n) is 5.72. The molecule has 1 aromatic carbocycles. The number of hydrogen-bond donors (Lipinski definition) is 0. The minimum Gasteiger partial charge on any atom is -0.361 e. The third-order valence-electron chi connectivity index (χ3n) is 2.84. The fourth-order valence-corrected chi connectivity index (χ4v) is 2.41. The number of benzene rings is 1. The largest absolute Gasteiger partial charge is 0.361 e. The Bertz CT molecular complexity index is 484. The van der Waals surface area contributed by atoms with Crippen LogP contribution in [0.4, 0.5) is 0 Å². The molecular formula is C13H13BrN2O2. The quantitative estimate of drug-likeness (QED) is 0.800. The minimum atomic E-state index is -0.425. The molecule has 0 aliphatic carbocycles. The molecule has 0 saturated carbocycles. The van der Waals surface area contributed by atoms with E-state index in [9.17, 15) is 4.79 Å². The number of nitrogens with zero attached hydrogens (tertiary/aromatic N) is 2. The molecule has 0 N–H and O–H groups in total. The van der Waals surface area contributed by atoms with Crippen molar-refractivity contribution in [2.75, 3.05) is 26.2 Å². The van der Waals surface area contributed by atoms with E-state index in [-0.39, 0.29) is 5.78 Å². The van der Waals surface area contributed by atoms with Gasteiger partial charge in [-0.15, -0.1) is 0 Å². The number of ketones is 1. The van der Waals surface area contributed by atoms with Gasteiger partial charge in [0.25, 0.3) is 0 Å². The van der Waals surface area contributed by atoms with Gasteiger partial charge in [0.05, 0.1) is 19.2 Å². The van der Waals surface area contributed by atoms with Gasteiger partial charge in [0.2, 0.25) is 0 Å². The average molecular weight is 309 g/mol. The van der Waals surface area contributed by atoms with Crippen LogP contribution in [0.3, 0.4) is 0 Å². The fraction of sp³-hybridized carbons (Fsp3) is 0.385. The van der Waals surface area contributed by atoms with Crippen molar-refractivity contribution in [2.45, 2.75) is 6.10 Å². The molecule has 0 amide bonds. The van der Waals surface area contributed by atoms with Gasteiger partial charge >= 0.3 is 0 Å². The van der Waals surface area contributed by atoms with Crippen molar-refractivity contribution in [3.8, 4) is 6.07 Å². The van der Waals surface area contributed by atoms with Gasteiger partial charge in [0.1, 0.15) is 0 Å². The molecule has 2 rings (SSSR count). The lowest BCUT2D eigenvalue weighted by molar-refractivity contribution is 0.00240. The topological polar surface area (TPSA) is 53.3 Å². The number of hydrogen-bond acceptors (Lipinski definition) is 4. The fourth-order valence-electron chi connectivity index (χ4n) is 1.90.